The third-order valence-corrected chi connectivity index (χ3v) is 6.33. The minimum Gasteiger partial charge on any atom is -0.491 e. The van der Waals surface area contributed by atoms with Gasteiger partial charge >= 0.3 is 0 Å². The van der Waals surface area contributed by atoms with Gasteiger partial charge in [-0.15, -0.1) is 0 Å². The molecule has 1 amide bonds. The van der Waals surface area contributed by atoms with Crippen LogP contribution in [0.4, 0.5) is 0 Å². The van der Waals surface area contributed by atoms with Crippen LogP contribution in [0.15, 0.2) is 41.3 Å². The summed E-state index contributed by atoms with van der Waals surface area (Å²) < 4.78 is 7.12. The third kappa shape index (κ3) is 3.94. The summed E-state index contributed by atoms with van der Waals surface area (Å²) in [7, 11) is 1.50. The van der Waals surface area contributed by atoms with E-state index in [2.05, 4.69) is 4.90 Å². The number of rotatable bonds is 4. The van der Waals surface area contributed by atoms with Gasteiger partial charge in [-0.25, -0.2) is 0 Å². The largest absolute Gasteiger partial charge is 0.491 e. The number of benzene rings is 1. The number of amides is 1. The summed E-state index contributed by atoms with van der Waals surface area (Å²) in [6.45, 7) is 5.40. The van der Waals surface area contributed by atoms with Crippen LogP contribution in [0.2, 0.25) is 0 Å². The minimum absolute atomic E-state index is 0.0943. The number of pyridine rings is 1. The average Bonchev–Trinajstić information content (AvgIpc) is 3.29. The van der Waals surface area contributed by atoms with Gasteiger partial charge in [-0.05, 0) is 44.0 Å². The van der Waals surface area contributed by atoms with Gasteiger partial charge in [0.05, 0.1) is 12.8 Å². The molecule has 0 unspecified atom stereocenters. The Morgan fingerprint density at radius 1 is 1.00 bits per heavy atom. The average molecular weight is 396 g/mol. The fourth-order valence-electron chi connectivity index (χ4n) is 4.65. The SMILES string of the molecule is COc1c(C)n(-c2ccc(C(=O)N3CCN(C4CCCC4)CC3)cc2)ccc1=O. The molecule has 0 atom stereocenters. The molecule has 2 heterocycles. The molecule has 6 heteroatoms. The van der Waals surface area contributed by atoms with Crippen LogP contribution in [-0.4, -0.2) is 59.6 Å². The van der Waals surface area contributed by atoms with Crippen LogP contribution in [0.1, 0.15) is 41.7 Å². The molecule has 2 aromatic rings. The van der Waals surface area contributed by atoms with Crippen molar-refractivity contribution in [3.05, 3.63) is 58.0 Å². The van der Waals surface area contributed by atoms with Gasteiger partial charge < -0.3 is 14.2 Å². The Labute approximate surface area is 171 Å². The minimum atomic E-state index is -0.134. The first-order chi connectivity index (χ1) is 14.1. The van der Waals surface area contributed by atoms with Crippen LogP contribution in [0.25, 0.3) is 5.69 Å². The number of carbonyl (C=O) groups excluding carboxylic acids is 1. The van der Waals surface area contributed by atoms with Crippen molar-refractivity contribution in [2.24, 2.45) is 0 Å². The topological polar surface area (TPSA) is 54.8 Å². The van der Waals surface area contributed by atoms with Crippen molar-refractivity contribution in [3.8, 4) is 11.4 Å². The number of nitrogens with zero attached hydrogens (tertiary/aromatic N) is 3. The Hall–Kier alpha value is -2.60. The van der Waals surface area contributed by atoms with Crippen LogP contribution < -0.4 is 10.2 Å². The smallest absolute Gasteiger partial charge is 0.253 e. The lowest BCUT2D eigenvalue weighted by Crippen LogP contribution is -2.51. The van der Waals surface area contributed by atoms with Crippen LogP contribution >= 0.6 is 0 Å². The van der Waals surface area contributed by atoms with Gasteiger partial charge in [-0.1, -0.05) is 12.8 Å². The summed E-state index contributed by atoms with van der Waals surface area (Å²) in [6.07, 6.45) is 7.04. The van der Waals surface area contributed by atoms with E-state index in [9.17, 15) is 9.59 Å². The van der Waals surface area contributed by atoms with Gasteiger partial charge in [0.2, 0.25) is 5.43 Å². The van der Waals surface area contributed by atoms with E-state index in [1.807, 2.05) is 40.7 Å². The summed E-state index contributed by atoms with van der Waals surface area (Å²) in [6, 6.07) is 9.78. The maximum atomic E-state index is 12.9. The highest BCUT2D eigenvalue weighted by atomic mass is 16.5. The highest BCUT2D eigenvalue weighted by Crippen LogP contribution is 2.25. The first kappa shape index (κ1) is 19.7. The number of ether oxygens (including phenoxy) is 1. The fourth-order valence-corrected chi connectivity index (χ4v) is 4.65. The van der Waals surface area contributed by atoms with Crippen LogP contribution in [0, 0.1) is 6.92 Å². The van der Waals surface area contributed by atoms with Gasteiger partial charge in [0, 0.05) is 55.7 Å². The van der Waals surface area contributed by atoms with Crippen molar-refractivity contribution >= 4 is 5.91 Å². The van der Waals surface area contributed by atoms with E-state index in [0.717, 1.165) is 43.6 Å². The first-order valence-corrected chi connectivity index (χ1v) is 10.5. The standard InChI is InChI=1S/C23H29N3O3/c1-17-22(29-2)21(27)11-12-26(17)20-9-7-18(8-10-20)23(28)25-15-13-24(14-16-25)19-5-3-4-6-19/h7-12,19H,3-6,13-16H2,1-2H3. The van der Waals surface area contributed by atoms with Gasteiger partial charge in [0.1, 0.15) is 0 Å². The molecule has 1 aromatic heterocycles. The summed E-state index contributed by atoms with van der Waals surface area (Å²) in [5.74, 6) is 0.435. The zero-order chi connectivity index (χ0) is 20.4. The predicted molar refractivity (Wildman–Crippen MR) is 113 cm³/mol. The van der Waals surface area contributed by atoms with Crippen molar-refractivity contribution in [2.45, 2.75) is 38.6 Å². The molecule has 29 heavy (non-hydrogen) atoms. The Kier molecular flexibility index (Phi) is 5.72. The van der Waals surface area contributed by atoms with E-state index in [1.165, 1.54) is 38.9 Å². The van der Waals surface area contributed by atoms with Crippen molar-refractivity contribution in [1.29, 1.82) is 0 Å². The highest BCUT2D eigenvalue weighted by Gasteiger charge is 2.28. The van der Waals surface area contributed by atoms with E-state index < -0.39 is 0 Å². The van der Waals surface area contributed by atoms with Gasteiger partial charge in [0.15, 0.2) is 5.75 Å². The summed E-state index contributed by atoms with van der Waals surface area (Å²) in [4.78, 5) is 29.3. The molecule has 0 bridgehead atoms. The van der Waals surface area contributed by atoms with E-state index in [-0.39, 0.29) is 11.3 Å². The van der Waals surface area contributed by atoms with Gasteiger partial charge in [-0.3, -0.25) is 14.5 Å². The third-order valence-electron chi connectivity index (χ3n) is 6.33. The second-order valence-corrected chi connectivity index (χ2v) is 7.98. The predicted octanol–water partition coefficient (Wildman–Crippen LogP) is 2.85. The molecule has 2 fully saturated rings. The lowest BCUT2D eigenvalue weighted by Gasteiger charge is -2.38. The van der Waals surface area contributed by atoms with Crippen molar-refractivity contribution in [1.82, 2.24) is 14.4 Å². The fraction of sp³-hybridized carbons (Fsp3) is 0.478. The zero-order valence-electron chi connectivity index (χ0n) is 17.3. The van der Waals surface area contributed by atoms with Crippen molar-refractivity contribution in [3.63, 3.8) is 0 Å². The lowest BCUT2D eigenvalue weighted by molar-refractivity contribution is 0.0573. The number of aromatic nitrogens is 1. The molecule has 6 nitrogen and oxygen atoms in total. The van der Waals surface area contributed by atoms with Crippen LogP contribution in [0.3, 0.4) is 0 Å². The number of piperazine rings is 1. The monoisotopic (exact) mass is 395 g/mol. The summed E-state index contributed by atoms with van der Waals surface area (Å²) >= 11 is 0. The molecule has 4 rings (SSSR count). The Morgan fingerprint density at radius 2 is 1.66 bits per heavy atom. The van der Waals surface area contributed by atoms with Crippen LogP contribution in [-0.2, 0) is 0 Å². The Morgan fingerprint density at radius 3 is 2.28 bits per heavy atom. The normalized spacial score (nSPS) is 18.2. The molecule has 0 radical (unpaired) electrons. The maximum absolute atomic E-state index is 12.9. The summed E-state index contributed by atoms with van der Waals surface area (Å²) in [5, 5.41) is 0. The van der Waals surface area contributed by atoms with Gasteiger partial charge in [-0.2, -0.15) is 0 Å². The maximum Gasteiger partial charge on any atom is 0.253 e. The second-order valence-electron chi connectivity index (χ2n) is 7.98. The number of hydrogen-bond acceptors (Lipinski definition) is 4. The number of methoxy groups -OCH3 is 1. The molecular formula is C23H29N3O3. The number of carbonyl (C=O) groups is 1. The Balaban J connectivity index is 1.44. The molecule has 154 valence electrons. The molecule has 1 aliphatic carbocycles. The zero-order valence-corrected chi connectivity index (χ0v) is 17.3. The first-order valence-electron chi connectivity index (χ1n) is 10.5. The second kappa shape index (κ2) is 8.41. The van der Waals surface area contributed by atoms with Gasteiger partial charge in [0.25, 0.3) is 5.91 Å². The molecule has 1 aromatic carbocycles. The molecule has 1 aliphatic heterocycles. The van der Waals surface area contributed by atoms with Crippen molar-refractivity contribution in [2.75, 3.05) is 33.3 Å². The molecular weight excluding hydrogens is 366 g/mol. The highest BCUT2D eigenvalue weighted by molar-refractivity contribution is 5.94. The van der Waals surface area contributed by atoms with Crippen LogP contribution in [0.5, 0.6) is 5.75 Å². The molecule has 1 saturated carbocycles. The summed E-state index contributed by atoms with van der Waals surface area (Å²) in [5.41, 5.74) is 2.20. The van der Waals surface area contributed by atoms with E-state index in [0.29, 0.717) is 11.3 Å². The van der Waals surface area contributed by atoms with Crippen molar-refractivity contribution < 1.29 is 9.53 Å². The molecule has 0 N–H and O–H groups in total. The lowest BCUT2D eigenvalue weighted by atomic mass is 10.1. The number of hydrogen-bond donors (Lipinski definition) is 0. The van der Waals surface area contributed by atoms with E-state index in [1.54, 1.807) is 6.20 Å². The van der Waals surface area contributed by atoms with E-state index in [4.69, 9.17) is 4.74 Å². The van der Waals surface area contributed by atoms with E-state index >= 15 is 0 Å². The molecule has 2 aliphatic rings. The Bertz CT molecular complexity index is 921. The molecule has 1 saturated heterocycles. The molecule has 0 spiro atoms. The quantitative estimate of drug-likeness (QED) is 0.799.